The highest BCUT2D eigenvalue weighted by Crippen LogP contribution is 2.32. The standard InChI is InChI=1S/C15H17Br2Cl/c16-10-13(12-4-2-1-3-5-12)8-11-6-7-14(17)15(18)9-11/h6-9,12H,1-5,10H2/b13-8-. The molecule has 1 aromatic carbocycles. The van der Waals surface area contributed by atoms with E-state index in [0.29, 0.717) is 0 Å². The Balaban J connectivity index is 2.19. The van der Waals surface area contributed by atoms with Gasteiger partial charge in [0.05, 0.1) is 5.02 Å². The van der Waals surface area contributed by atoms with Gasteiger partial charge in [0.1, 0.15) is 0 Å². The number of hydrogen-bond donors (Lipinski definition) is 0. The number of allylic oxidation sites excluding steroid dienone is 1. The van der Waals surface area contributed by atoms with Crippen molar-refractivity contribution in [1.29, 1.82) is 0 Å². The van der Waals surface area contributed by atoms with Crippen LogP contribution >= 0.6 is 43.5 Å². The summed E-state index contributed by atoms with van der Waals surface area (Å²) in [6.45, 7) is 0. The van der Waals surface area contributed by atoms with E-state index < -0.39 is 0 Å². The Hall–Kier alpha value is 0.210. The van der Waals surface area contributed by atoms with E-state index in [2.05, 4.69) is 44.0 Å². The summed E-state index contributed by atoms with van der Waals surface area (Å²) in [5, 5.41) is 1.74. The molecule has 0 spiro atoms. The van der Waals surface area contributed by atoms with E-state index in [1.165, 1.54) is 43.2 Å². The smallest absolute Gasteiger partial charge is 0.0554 e. The number of benzene rings is 1. The molecule has 0 nitrogen and oxygen atoms in total. The topological polar surface area (TPSA) is 0 Å². The van der Waals surface area contributed by atoms with E-state index in [0.717, 1.165) is 20.7 Å². The van der Waals surface area contributed by atoms with Crippen LogP contribution in [0.15, 0.2) is 28.2 Å². The van der Waals surface area contributed by atoms with Crippen LogP contribution in [-0.2, 0) is 0 Å². The van der Waals surface area contributed by atoms with E-state index in [1.807, 2.05) is 12.1 Å². The molecule has 2 rings (SSSR count). The van der Waals surface area contributed by atoms with Gasteiger partial charge in [-0.25, -0.2) is 0 Å². The fraction of sp³-hybridized carbons (Fsp3) is 0.467. The Labute approximate surface area is 131 Å². The van der Waals surface area contributed by atoms with E-state index in [9.17, 15) is 0 Å². The van der Waals surface area contributed by atoms with Crippen molar-refractivity contribution in [2.24, 2.45) is 5.92 Å². The lowest BCUT2D eigenvalue weighted by Crippen LogP contribution is -2.10. The minimum Gasteiger partial charge on any atom is -0.0880 e. The molecular formula is C15H17Br2Cl. The van der Waals surface area contributed by atoms with Gasteiger partial charge >= 0.3 is 0 Å². The molecule has 0 unspecified atom stereocenters. The zero-order valence-electron chi connectivity index (χ0n) is 10.3. The van der Waals surface area contributed by atoms with Crippen LogP contribution in [0, 0.1) is 5.92 Å². The van der Waals surface area contributed by atoms with Crippen molar-refractivity contribution < 1.29 is 0 Å². The van der Waals surface area contributed by atoms with Crippen molar-refractivity contribution in [3.8, 4) is 0 Å². The first-order chi connectivity index (χ1) is 8.70. The molecule has 0 amide bonds. The summed E-state index contributed by atoms with van der Waals surface area (Å²) in [5.74, 6) is 0.751. The largest absolute Gasteiger partial charge is 0.0880 e. The molecule has 1 aliphatic carbocycles. The average molecular weight is 393 g/mol. The minimum absolute atomic E-state index is 0.751. The zero-order valence-corrected chi connectivity index (χ0v) is 14.2. The second kappa shape index (κ2) is 7.12. The summed E-state index contributed by atoms with van der Waals surface area (Å²) in [4.78, 5) is 0. The molecule has 18 heavy (non-hydrogen) atoms. The first-order valence-corrected chi connectivity index (χ1v) is 8.71. The van der Waals surface area contributed by atoms with Gasteiger partial charge in [0.2, 0.25) is 0 Å². The van der Waals surface area contributed by atoms with Gasteiger partial charge in [-0.05, 0) is 52.4 Å². The second-order valence-corrected chi connectivity index (χ2v) is 6.68. The number of rotatable bonds is 3. The molecule has 1 fully saturated rings. The summed E-state index contributed by atoms with van der Waals surface area (Å²) < 4.78 is 0.958. The van der Waals surface area contributed by atoms with E-state index in [4.69, 9.17) is 11.6 Å². The maximum Gasteiger partial charge on any atom is 0.0554 e. The molecule has 3 heteroatoms. The first-order valence-electron chi connectivity index (χ1n) is 6.42. The number of hydrogen-bond acceptors (Lipinski definition) is 0. The molecule has 1 aromatic rings. The van der Waals surface area contributed by atoms with Crippen molar-refractivity contribution in [1.82, 2.24) is 0 Å². The van der Waals surface area contributed by atoms with E-state index in [-0.39, 0.29) is 0 Å². The van der Waals surface area contributed by atoms with Gasteiger partial charge in [0, 0.05) is 9.80 Å². The molecule has 0 N–H and O–H groups in total. The first kappa shape index (κ1) is 14.6. The Morgan fingerprint density at radius 3 is 2.61 bits per heavy atom. The highest BCUT2D eigenvalue weighted by molar-refractivity contribution is 9.10. The highest BCUT2D eigenvalue weighted by atomic mass is 79.9. The predicted octanol–water partition coefficient (Wildman–Crippen LogP) is 6.46. The maximum absolute atomic E-state index is 6.14. The van der Waals surface area contributed by atoms with Crippen LogP contribution in [0.25, 0.3) is 6.08 Å². The summed E-state index contributed by atoms with van der Waals surface area (Å²) in [6.07, 6.45) is 9.11. The summed E-state index contributed by atoms with van der Waals surface area (Å²) in [7, 11) is 0. The average Bonchev–Trinajstić information content (AvgIpc) is 2.41. The normalized spacial score (nSPS) is 18.1. The Morgan fingerprint density at radius 1 is 1.28 bits per heavy atom. The molecule has 0 aliphatic heterocycles. The van der Waals surface area contributed by atoms with Crippen LogP contribution in [0.5, 0.6) is 0 Å². The second-order valence-electron chi connectivity index (χ2n) is 4.86. The highest BCUT2D eigenvalue weighted by Gasteiger charge is 2.16. The van der Waals surface area contributed by atoms with Gasteiger partial charge in [-0.3, -0.25) is 0 Å². The lowest BCUT2D eigenvalue weighted by Gasteiger charge is -2.23. The van der Waals surface area contributed by atoms with Gasteiger partial charge in [-0.15, -0.1) is 0 Å². The lowest BCUT2D eigenvalue weighted by molar-refractivity contribution is 0.405. The monoisotopic (exact) mass is 390 g/mol. The maximum atomic E-state index is 6.14. The lowest BCUT2D eigenvalue weighted by atomic mass is 9.84. The molecule has 0 heterocycles. The van der Waals surface area contributed by atoms with E-state index in [1.54, 1.807) is 0 Å². The number of halogens is 3. The third-order valence-electron chi connectivity index (χ3n) is 3.58. The predicted molar refractivity (Wildman–Crippen MR) is 87.5 cm³/mol. The number of alkyl halides is 1. The van der Waals surface area contributed by atoms with Gasteiger partial charge in [0.15, 0.2) is 0 Å². The van der Waals surface area contributed by atoms with Crippen LogP contribution in [0.1, 0.15) is 37.7 Å². The van der Waals surface area contributed by atoms with Crippen LogP contribution in [-0.4, -0.2) is 5.33 Å². The molecule has 0 saturated heterocycles. The summed E-state index contributed by atoms with van der Waals surface area (Å²) >= 11 is 13.2. The van der Waals surface area contributed by atoms with E-state index >= 15 is 0 Å². The molecule has 0 radical (unpaired) electrons. The Bertz CT molecular complexity index is 434. The third-order valence-corrected chi connectivity index (χ3v) is 5.46. The fourth-order valence-electron chi connectivity index (χ4n) is 2.56. The van der Waals surface area contributed by atoms with Gasteiger partial charge in [0.25, 0.3) is 0 Å². The fourth-order valence-corrected chi connectivity index (χ4v) is 3.61. The molecule has 0 atom stereocenters. The van der Waals surface area contributed by atoms with Crippen LogP contribution in [0.2, 0.25) is 5.02 Å². The van der Waals surface area contributed by atoms with Crippen molar-refractivity contribution in [3.05, 3.63) is 38.8 Å². The molecule has 1 saturated carbocycles. The van der Waals surface area contributed by atoms with Crippen LogP contribution in [0.4, 0.5) is 0 Å². The molecule has 98 valence electrons. The Kier molecular flexibility index (Phi) is 5.78. The van der Waals surface area contributed by atoms with Gasteiger partial charge in [-0.2, -0.15) is 0 Å². The molecule has 0 aromatic heterocycles. The van der Waals surface area contributed by atoms with Crippen LogP contribution < -0.4 is 0 Å². The summed E-state index contributed by atoms with van der Waals surface area (Å²) in [6, 6.07) is 6.15. The van der Waals surface area contributed by atoms with Crippen molar-refractivity contribution in [2.45, 2.75) is 32.1 Å². The molecular weight excluding hydrogens is 375 g/mol. The van der Waals surface area contributed by atoms with Crippen molar-refractivity contribution in [2.75, 3.05) is 5.33 Å². The van der Waals surface area contributed by atoms with Crippen molar-refractivity contribution >= 4 is 49.5 Å². The van der Waals surface area contributed by atoms with Gasteiger partial charge in [-0.1, -0.05) is 64.5 Å². The molecule has 0 bridgehead atoms. The molecule has 1 aliphatic rings. The van der Waals surface area contributed by atoms with Gasteiger partial charge < -0.3 is 0 Å². The zero-order chi connectivity index (χ0) is 13.0. The minimum atomic E-state index is 0.751. The Morgan fingerprint density at radius 2 is 2.00 bits per heavy atom. The van der Waals surface area contributed by atoms with Crippen LogP contribution in [0.3, 0.4) is 0 Å². The quantitative estimate of drug-likeness (QED) is 0.518. The SMILES string of the molecule is Clc1cc(/C=C(/CBr)C2CCCCC2)ccc1Br. The summed E-state index contributed by atoms with van der Waals surface area (Å²) in [5.41, 5.74) is 2.70. The third kappa shape index (κ3) is 3.85. The van der Waals surface area contributed by atoms with Crippen molar-refractivity contribution in [3.63, 3.8) is 0 Å².